The average Bonchev–Trinajstić information content (AvgIpc) is 2.83. The van der Waals surface area contributed by atoms with Crippen LogP contribution < -0.4 is 4.74 Å². The van der Waals surface area contributed by atoms with Crippen LogP contribution in [0.5, 0.6) is 5.75 Å². The molecule has 0 atom stereocenters. The quantitative estimate of drug-likeness (QED) is 0.433. The Morgan fingerprint density at radius 1 is 0.769 bits per heavy atom. The van der Waals surface area contributed by atoms with Crippen LogP contribution in [0.1, 0.15) is 46.5 Å². The highest BCUT2D eigenvalue weighted by atomic mass is 16.5. The first-order chi connectivity index (χ1) is 12.4. The van der Waals surface area contributed by atoms with E-state index in [2.05, 4.69) is 45.0 Å². The van der Waals surface area contributed by atoms with Gasteiger partial charge in [0.25, 0.3) is 0 Å². The van der Waals surface area contributed by atoms with Gasteiger partial charge < -0.3 is 4.74 Å². The number of carbonyl (C=O) groups excluding carboxylic acids is 1. The van der Waals surface area contributed by atoms with Crippen LogP contribution >= 0.6 is 0 Å². The van der Waals surface area contributed by atoms with E-state index in [1.807, 2.05) is 31.2 Å². The highest BCUT2D eigenvalue weighted by molar-refractivity contribution is 5.91. The highest BCUT2D eigenvalue weighted by Gasteiger charge is 2.35. The van der Waals surface area contributed by atoms with Crippen molar-refractivity contribution in [2.45, 2.75) is 33.1 Å². The van der Waals surface area contributed by atoms with Crippen molar-refractivity contribution in [2.75, 3.05) is 0 Å². The van der Waals surface area contributed by atoms with Crippen LogP contribution in [-0.4, -0.2) is 5.97 Å². The molecule has 2 heteroatoms. The molecule has 130 valence electrons. The van der Waals surface area contributed by atoms with E-state index in [4.69, 9.17) is 4.74 Å². The van der Waals surface area contributed by atoms with Crippen LogP contribution in [-0.2, 0) is 5.41 Å². The normalized spacial score (nSPS) is 13.8. The molecule has 0 unspecified atom stereocenters. The molecule has 1 aliphatic rings. The van der Waals surface area contributed by atoms with Crippen LogP contribution in [0.25, 0.3) is 11.1 Å². The maximum absolute atomic E-state index is 12.4. The number of esters is 1. The van der Waals surface area contributed by atoms with E-state index >= 15 is 0 Å². The van der Waals surface area contributed by atoms with E-state index in [1.54, 1.807) is 12.1 Å². The Hall–Kier alpha value is -2.87. The smallest absolute Gasteiger partial charge is 0.343 e. The van der Waals surface area contributed by atoms with E-state index in [-0.39, 0.29) is 11.4 Å². The Labute approximate surface area is 154 Å². The van der Waals surface area contributed by atoms with Crippen molar-refractivity contribution in [3.63, 3.8) is 0 Å². The molecule has 0 radical (unpaired) electrons. The Morgan fingerprint density at radius 2 is 1.35 bits per heavy atom. The summed E-state index contributed by atoms with van der Waals surface area (Å²) in [4.78, 5) is 12.4. The molecule has 0 saturated carbocycles. The van der Waals surface area contributed by atoms with Crippen molar-refractivity contribution in [3.05, 3.63) is 88.5 Å². The van der Waals surface area contributed by atoms with Gasteiger partial charge in [-0.1, -0.05) is 61.4 Å². The second-order valence-electron chi connectivity index (χ2n) is 7.64. The third kappa shape index (κ3) is 2.62. The molecule has 4 rings (SSSR count). The van der Waals surface area contributed by atoms with E-state index < -0.39 is 0 Å². The number of carbonyl (C=O) groups is 1. The molecule has 1 aliphatic carbocycles. The summed E-state index contributed by atoms with van der Waals surface area (Å²) < 4.78 is 5.64. The van der Waals surface area contributed by atoms with Gasteiger partial charge in [-0.2, -0.15) is 0 Å². The summed E-state index contributed by atoms with van der Waals surface area (Å²) in [5.74, 6) is 0.265. The lowest BCUT2D eigenvalue weighted by atomic mass is 9.82. The fourth-order valence-corrected chi connectivity index (χ4v) is 3.75. The van der Waals surface area contributed by atoms with Gasteiger partial charge in [0, 0.05) is 5.41 Å². The van der Waals surface area contributed by atoms with Gasteiger partial charge in [0.05, 0.1) is 5.56 Å². The Kier molecular flexibility index (Phi) is 3.73. The molecule has 0 heterocycles. The minimum atomic E-state index is -0.325. The van der Waals surface area contributed by atoms with Crippen molar-refractivity contribution in [3.8, 4) is 16.9 Å². The van der Waals surface area contributed by atoms with Gasteiger partial charge in [0.2, 0.25) is 0 Å². The fourth-order valence-electron chi connectivity index (χ4n) is 3.75. The zero-order valence-corrected chi connectivity index (χ0v) is 15.6. The highest BCUT2D eigenvalue weighted by Crippen LogP contribution is 2.49. The second-order valence-corrected chi connectivity index (χ2v) is 7.64. The molecule has 0 amide bonds. The summed E-state index contributed by atoms with van der Waals surface area (Å²) in [5.41, 5.74) is 7.86. The molecule has 0 aliphatic heterocycles. The number of aryl methyl sites for hydroxylation is 2. The summed E-state index contributed by atoms with van der Waals surface area (Å²) in [6.07, 6.45) is 0. The maximum atomic E-state index is 12.4. The molecule has 2 nitrogen and oxygen atoms in total. The minimum Gasteiger partial charge on any atom is -0.423 e. The third-order valence-electron chi connectivity index (χ3n) is 5.30. The van der Waals surface area contributed by atoms with Crippen molar-refractivity contribution in [2.24, 2.45) is 0 Å². The SMILES string of the molecule is Cc1ccc(C(=O)Oc2ccc3c(c2)C(C)(C)c2cc(C)ccc2-3)cc1. The topological polar surface area (TPSA) is 26.3 Å². The molecule has 0 fully saturated rings. The van der Waals surface area contributed by atoms with Gasteiger partial charge in [0.1, 0.15) is 5.75 Å². The summed E-state index contributed by atoms with van der Waals surface area (Å²) in [6, 6.07) is 20.0. The number of hydrogen-bond acceptors (Lipinski definition) is 2. The minimum absolute atomic E-state index is 0.108. The van der Waals surface area contributed by atoms with Gasteiger partial charge in [-0.3, -0.25) is 0 Å². The fraction of sp³-hybridized carbons (Fsp3) is 0.208. The standard InChI is InChI=1S/C24H22O2/c1-15-5-8-17(9-6-15)23(25)26-18-10-12-20-19-11-7-16(2)13-21(19)24(3,4)22(20)14-18/h5-14H,1-4H3. The zero-order chi connectivity index (χ0) is 18.5. The first kappa shape index (κ1) is 16.6. The number of hydrogen-bond donors (Lipinski definition) is 0. The molecular weight excluding hydrogens is 320 g/mol. The van der Waals surface area contributed by atoms with Crippen LogP contribution in [0.15, 0.2) is 60.7 Å². The van der Waals surface area contributed by atoms with Gasteiger partial charge in [-0.25, -0.2) is 4.79 Å². The zero-order valence-electron chi connectivity index (χ0n) is 15.6. The third-order valence-corrected chi connectivity index (χ3v) is 5.30. The Morgan fingerprint density at radius 3 is 2.04 bits per heavy atom. The summed E-state index contributed by atoms with van der Waals surface area (Å²) >= 11 is 0. The maximum Gasteiger partial charge on any atom is 0.343 e. The Bertz CT molecular complexity index is 1010. The lowest BCUT2D eigenvalue weighted by Gasteiger charge is -2.22. The van der Waals surface area contributed by atoms with Crippen molar-refractivity contribution in [1.82, 2.24) is 0 Å². The first-order valence-electron chi connectivity index (χ1n) is 8.91. The average molecular weight is 342 g/mol. The van der Waals surface area contributed by atoms with Crippen molar-refractivity contribution >= 4 is 5.97 Å². The molecule has 0 bridgehead atoms. The van der Waals surface area contributed by atoms with Crippen LogP contribution in [0, 0.1) is 13.8 Å². The molecular formula is C24H22O2. The first-order valence-corrected chi connectivity index (χ1v) is 8.91. The van der Waals surface area contributed by atoms with Gasteiger partial charge in [0.15, 0.2) is 0 Å². The predicted octanol–water partition coefficient (Wildman–Crippen LogP) is 5.83. The van der Waals surface area contributed by atoms with Gasteiger partial charge >= 0.3 is 5.97 Å². The Balaban J connectivity index is 1.69. The predicted molar refractivity (Wildman–Crippen MR) is 105 cm³/mol. The van der Waals surface area contributed by atoms with E-state index in [0.717, 1.165) is 5.56 Å². The van der Waals surface area contributed by atoms with E-state index in [0.29, 0.717) is 11.3 Å². The largest absolute Gasteiger partial charge is 0.423 e. The van der Waals surface area contributed by atoms with Crippen LogP contribution in [0.4, 0.5) is 0 Å². The number of rotatable bonds is 2. The molecule has 3 aromatic carbocycles. The van der Waals surface area contributed by atoms with E-state index in [9.17, 15) is 4.79 Å². The summed E-state index contributed by atoms with van der Waals surface area (Å²) in [5, 5.41) is 0. The van der Waals surface area contributed by atoms with Gasteiger partial charge in [-0.05, 0) is 60.4 Å². The summed E-state index contributed by atoms with van der Waals surface area (Å²) in [7, 11) is 0. The van der Waals surface area contributed by atoms with Crippen LogP contribution in [0.2, 0.25) is 0 Å². The van der Waals surface area contributed by atoms with Gasteiger partial charge in [-0.15, -0.1) is 0 Å². The summed E-state index contributed by atoms with van der Waals surface area (Å²) in [6.45, 7) is 8.57. The number of benzene rings is 3. The van der Waals surface area contributed by atoms with E-state index in [1.165, 1.54) is 27.8 Å². The van der Waals surface area contributed by atoms with Crippen LogP contribution in [0.3, 0.4) is 0 Å². The lowest BCUT2D eigenvalue weighted by Crippen LogP contribution is -2.15. The molecule has 0 N–H and O–H groups in total. The molecule has 0 saturated heterocycles. The molecule has 0 spiro atoms. The van der Waals surface area contributed by atoms with Crippen molar-refractivity contribution < 1.29 is 9.53 Å². The number of ether oxygens (including phenoxy) is 1. The van der Waals surface area contributed by atoms with Crippen molar-refractivity contribution in [1.29, 1.82) is 0 Å². The monoisotopic (exact) mass is 342 g/mol. The second kappa shape index (κ2) is 5.84. The molecule has 0 aromatic heterocycles. The lowest BCUT2D eigenvalue weighted by molar-refractivity contribution is 0.0734. The molecule has 3 aromatic rings. The molecule has 26 heavy (non-hydrogen) atoms. The number of fused-ring (bicyclic) bond motifs is 3.